The molecular formula is C10H10ClF. The van der Waals surface area contributed by atoms with Crippen molar-refractivity contribution >= 4 is 17.7 Å². The van der Waals surface area contributed by atoms with E-state index < -0.39 is 0 Å². The Labute approximate surface area is 76.7 Å². The van der Waals surface area contributed by atoms with Gasteiger partial charge >= 0.3 is 0 Å². The van der Waals surface area contributed by atoms with Gasteiger partial charge in [0.05, 0.1) is 0 Å². The van der Waals surface area contributed by atoms with Crippen molar-refractivity contribution < 1.29 is 4.39 Å². The van der Waals surface area contributed by atoms with Crippen molar-refractivity contribution in [3.8, 4) is 0 Å². The number of alkyl halides is 1. The summed E-state index contributed by atoms with van der Waals surface area (Å²) in [6.07, 6.45) is 3.41. The smallest absolute Gasteiger partial charge is 0.133 e. The molecule has 0 aliphatic carbocycles. The minimum absolute atomic E-state index is 0.168. The van der Waals surface area contributed by atoms with Crippen LogP contribution in [0.4, 0.5) is 4.39 Å². The SMILES string of the molecule is Cc1cccc(C=CCCl)c1F. The molecule has 12 heavy (non-hydrogen) atoms. The average Bonchev–Trinajstić information content (AvgIpc) is 2.08. The maximum absolute atomic E-state index is 13.2. The van der Waals surface area contributed by atoms with Gasteiger partial charge in [-0.05, 0) is 12.5 Å². The van der Waals surface area contributed by atoms with Crippen LogP contribution in [-0.2, 0) is 0 Å². The summed E-state index contributed by atoms with van der Waals surface area (Å²) in [6, 6.07) is 5.30. The number of benzene rings is 1. The van der Waals surface area contributed by atoms with Gasteiger partial charge < -0.3 is 0 Å². The molecule has 1 rings (SSSR count). The zero-order valence-corrected chi connectivity index (χ0v) is 7.61. The van der Waals surface area contributed by atoms with Gasteiger partial charge in [0.25, 0.3) is 0 Å². The molecule has 0 spiro atoms. The van der Waals surface area contributed by atoms with Gasteiger partial charge in [0.2, 0.25) is 0 Å². The van der Waals surface area contributed by atoms with Crippen molar-refractivity contribution in [2.75, 3.05) is 5.88 Å². The second-order valence-electron chi connectivity index (χ2n) is 2.53. The van der Waals surface area contributed by atoms with Crippen LogP contribution in [0.2, 0.25) is 0 Å². The molecule has 0 amide bonds. The standard InChI is InChI=1S/C10H10ClF/c1-8-4-2-5-9(10(8)12)6-3-7-11/h2-6H,7H2,1H3. The molecule has 0 atom stereocenters. The van der Waals surface area contributed by atoms with Gasteiger partial charge in [0.15, 0.2) is 0 Å². The zero-order valence-electron chi connectivity index (χ0n) is 6.85. The van der Waals surface area contributed by atoms with Gasteiger partial charge in [-0.3, -0.25) is 0 Å². The van der Waals surface area contributed by atoms with Crippen molar-refractivity contribution in [1.29, 1.82) is 0 Å². The normalized spacial score (nSPS) is 10.9. The van der Waals surface area contributed by atoms with Crippen molar-refractivity contribution in [1.82, 2.24) is 0 Å². The van der Waals surface area contributed by atoms with Crippen molar-refractivity contribution in [3.05, 3.63) is 41.2 Å². The fraction of sp³-hybridized carbons (Fsp3) is 0.200. The quantitative estimate of drug-likeness (QED) is 0.619. The predicted octanol–water partition coefficient (Wildman–Crippen LogP) is 3.39. The molecule has 0 nitrogen and oxygen atoms in total. The fourth-order valence-corrected chi connectivity index (χ4v) is 1.06. The maximum atomic E-state index is 13.2. The Morgan fingerprint density at radius 1 is 1.50 bits per heavy atom. The van der Waals surface area contributed by atoms with Crippen LogP contribution in [0.3, 0.4) is 0 Å². The molecule has 0 bridgehead atoms. The van der Waals surface area contributed by atoms with Crippen LogP contribution in [-0.4, -0.2) is 5.88 Å². The molecule has 0 heterocycles. The van der Waals surface area contributed by atoms with Gasteiger partial charge in [-0.1, -0.05) is 30.4 Å². The molecule has 0 N–H and O–H groups in total. The molecule has 0 aliphatic heterocycles. The van der Waals surface area contributed by atoms with E-state index in [1.165, 1.54) is 0 Å². The molecule has 0 saturated carbocycles. The highest BCUT2D eigenvalue weighted by atomic mass is 35.5. The summed E-state index contributed by atoms with van der Waals surface area (Å²) in [6.45, 7) is 1.74. The van der Waals surface area contributed by atoms with E-state index in [1.54, 1.807) is 31.2 Å². The summed E-state index contributed by atoms with van der Waals surface area (Å²) in [7, 11) is 0. The highest BCUT2D eigenvalue weighted by Gasteiger charge is 1.99. The molecule has 0 aliphatic rings. The van der Waals surface area contributed by atoms with Gasteiger partial charge in [0, 0.05) is 11.4 Å². The molecule has 1 aromatic carbocycles. The number of halogens is 2. The highest BCUT2D eigenvalue weighted by Crippen LogP contribution is 2.13. The lowest BCUT2D eigenvalue weighted by Gasteiger charge is -1.98. The molecule has 1 aromatic rings. The Bertz CT molecular complexity index is 292. The molecule has 64 valence electrons. The Morgan fingerprint density at radius 3 is 2.92 bits per heavy atom. The predicted molar refractivity (Wildman–Crippen MR) is 50.9 cm³/mol. The molecule has 0 fully saturated rings. The number of hydrogen-bond donors (Lipinski definition) is 0. The van der Waals surface area contributed by atoms with E-state index in [4.69, 9.17) is 11.6 Å². The summed E-state index contributed by atoms with van der Waals surface area (Å²) < 4.78 is 13.2. The van der Waals surface area contributed by atoms with E-state index in [0.29, 0.717) is 17.0 Å². The van der Waals surface area contributed by atoms with Crippen LogP contribution in [0.15, 0.2) is 24.3 Å². The van der Waals surface area contributed by atoms with E-state index in [2.05, 4.69) is 0 Å². The summed E-state index contributed by atoms with van der Waals surface area (Å²) in [4.78, 5) is 0. The summed E-state index contributed by atoms with van der Waals surface area (Å²) >= 11 is 5.43. The number of aryl methyl sites for hydroxylation is 1. The van der Waals surface area contributed by atoms with Crippen LogP contribution in [0.25, 0.3) is 6.08 Å². The van der Waals surface area contributed by atoms with E-state index in [1.807, 2.05) is 6.07 Å². The first kappa shape index (κ1) is 9.27. The van der Waals surface area contributed by atoms with Gasteiger partial charge in [-0.25, -0.2) is 4.39 Å². The maximum Gasteiger partial charge on any atom is 0.133 e. The zero-order chi connectivity index (χ0) is 8.97. The van der Waals surface area contributed by atoms with Gasteiger partial charge in [-0.2, -0.15) is 0 Å². The van der Waals surface area contributed by atoms with Crippen LogP contribution in [0, 0.1) is 12.7 Å². The largest absolute Gasteiger partial charge is 0.206 e. The van der Waals surface area contributed by atoms with Crippen molar-refractivity contribution in [2.45, 2.75) is 6.92 Å². The molecule has 0 unspecified atom stereocenters. The van der Waals surface area contributed by atoms with Gasteiger partial charge in [0.1, 0.15) is 5.82 Å². The molecular weight excluding hydrogens is 175 g/mol. The summed E-state index contributed by atoms with van der Waals surface area (Å²) in [5.74, 6) is 0.242. The van der Waals surface area contributed by atoms with E-state index in [0.717, 1.165) is 0 Å². The Balaban J connectivity index is 3.00. The first-order valence-electron chi connectivity index (χ1n) is 3.73. The number of rotatable bonds is 2. The number of allylic oxidation sites excluding steroid dienone is 1. The molecule has 0 radical (unpaired) electrons. The lowest BCUT2D eigenvalue weighted by Crippen LogP contribution is -1.85. The third-order valence-corrected chi connectivity index (χ3v) is 1.79. The van der Waals surface area contributed by atoms with Gasteiger partial charge in [-0.15, -0.1) is 11.6 Å². The molecule has 0 aromatic heterocycles. The average molecular weight is 185 g/mol. The minimum atomic E-state index is -0.168. The molecule has 0 saturated heterocycles. The first-order chi connectivity index (χ1) is 5.75. The van der Waals surface area contributed by atoms with Crippen molar-refractivity contribution in [3.63, 3.8) is 0 Å². The fourth-order valence-electron chi connectivity index (χ4n) is 0.970. The van der Waals surface area contributed by atoms with Crippen molar-refractivity contribution in [2.24, 2.45) is 0 Å². The lowest BCUT2D eigenvalue weighted by atomic mass is 10.1. The monoisotopic (exact) mass is 184 g/mol. The van der Waals surface area contributed by atoms with Crippen LogP contribution >= 0.6 is 11.6 Å². The highest BCUT2D eigenvalue weighted by molar-refractivity contribution is 6.19. The lowest BCUT2D eigenvalue weighted by molar-refractivity contribution is 0.616. The summed E-state index contributed by atoms with van der Waals surface area (Å²) in [5, 5.41) is 0. The van der Waals surface area contributed by atoms with E-state index in [-0.39, 0.29) is 5.82 Å². The Morgan fingerprint density at radius 2 is 2.25 bits per heavy atom. The Kier molecular flexibility index (Phi) is 3.30. The first-order valence-corrected chi connectivity index (χ1v) is 4.27. The third-order valence-electron chi connectivity index (χ3n) is 1.61. The second-order valence-corrected chi connectivity index (χ2v) is 2.84. The molecule has 2 heteroatoms. The Hall–Kier alpha value is -0.820. The van der Waals surface area contributed by atoms with Crippen LogP contribution < -0.4 is 0 Å². The topological polar surface area (TPSA) is 0 Å². The minimum Gasteiger partial charge on any atom is -0.206 e. The van der Waals surface area contributed by atoms with E-state index in [9.17, 15) is 4.39 Å². The number of hydrogen-bond acceptors (Lipinski definition) is 0. The second kappa shape index (κ2) is 4.27. The third kappa shape index (κ3) is 2.08. The van der Waals surface area contributed by atoms with Crippen LogP contribution in [0.1, 0.15) is 11.1 Å². The van der Waals surface area contributed by atoms with E-state index >= 15 is 0 Å². The summed E-state index contributed by atoms with van der Waals surface area (Å²) in [5.41, 5.74) is 1.25. The van der Waals surface area contributed by atoms with Crippen LogP contribution in [0.5, 0.6) is 0 Å².